The second-order valence-electron chi connectivity index (χ2n) is 4.86. The fourth-order valence-corrected chi connectivity index (χ4v) is 1.29. The maximum Gasteiger partial charge on any atom is 0.240 e. The van der Waals surface area contributed by atoms with E-state index in [2.05, 4.69) is 5.32 Å². The van der Waals surface area contributed by atoms with Gasteiger partial charge in [0, 0.05) is 0 Å². The van der Waals surface area contributed by atoms with Crippen LogP contribution in [0.15, 0.2) is 0 Å². The molecule has 5 N–H and O–H groups in total. The Hall–Kier alpha value is -0.810. The topological polar surface area (TPSA) is 98.2 Å². The zero-order valence-electron chi connectivity index (χ0n) is 10.9. The Morgan fingerprint density at radius 3 is 1.94 bits per heavy atom. The average Bonchev–Trinajstić information content (AvgIpc) is 2.14. The Morgan fingerprint density at radius 1 is 1.18 bits per heavy atom. The van der Waals surface area contributed by atoms with Crippen molar-refractivity contribution in [2.75, 3.05) is 0 Å². The number of halogens is 1. The molecule has 5 nitrogen and oxygen atoms in total. The van der Waals surface area contributed by atoms with Crippen LogP contribution >= 0.6 is 12.4 Å². The molecule has 0 radical (unpaired) electrons. The van der Waals surface area contributed by atoms with Gasteiger partial charge in [-0.3, -0.25) is 9.59 Å². The molecule has 0 unspecified atom stereocenters. The van der Waals surface area contributed by atoms with E-state index in [-0.39, 0.29) is 30.2 Å². The van der Waals surface area contributed by atoms with Gasteiger partial charge in [-0.25, -0.2) is 0 Å². The smallest absolute Gasteiger partial charge is 0.240 e. The molecule has 0 aliphatic rings. The molecule has 17 heavy (non-hydrogen) atoms. The molecule has 0 spiro atoms. The highest BCUT2D eigenvalue weighted by Gasteiger charge is 2.24. The molecular formula is C11H24ClN3O2. The lowest BCUT2D eigenvalue weighted by molar-refractivity contribution is -0.129. The SMILES string of the molecule is CC(C)C[C@H](NC(=O)[C@@H](N)C(C)C)C(N)=O.Cl. The van der Waals surface area contributed by atoms with Crippen molar-refractivity contribution >= 4 is 24.2 Å². The first-order chi connectivity index (χ1) is 7.25. The third-order valence-corrected chi connectivity index (χ3v) is 2.39. The predicted octanol–water partition coefficient (Wildman–Crippen LogP) is 0.408. The van der Waals surface area contributed by atoms with Crippen LogP contribution in [0.3, 0.4) is 0 Å². The lowest BCUT2D eigenvalue weighted by atomic mass is 10.0. The quantitative estimate of drug-likeness (QED) is 0.649. The molecule has 2 atom stereocenters. The summed E-state index contributed by atoms with van der Waals surface area (Å²) >= 11 is 0. The first kappa shape index (κ1) is 18.6. The average molecular weight is 266 g/mol. The molecule has 0 rings (SSSR count). The highest BCUT2D eigenvalue weighted by Crippen LogP contribution is 2.05. The van der Waals surface area contributed by atoms with Crippen molar-refractivity contribution in [2.45, 2.75) is 46.2 Å². The third-order valence-electron chi connectivity index (χ3n) is 2.39. The van der Waals surface area contributed by atoms with E-state index in [1.165, 1.54) is 0 Å². The van der Waals surface area contributed by atoms with Crippen molar-refractivity contribution in [3.63, 3.8) is 0 Å². The number of nitrogens with one attached hydrogen (secondary N) is 1. The summed E-state index contributed by atoms with van der Waals surface area (Å²) in [5.74, 6) is -0.516. The van der Waals surface area contributed by atoms with E-state index < -0.39 is 18.0 Å². The van der Waals surface area contributed by atoms with E-state index in [1.54, 1.807) is 0 Å². The molecule has 0 saturated heterocycles. The molecule has 6 heteroatoms. The minimum absolute atomic E-state index is 0. The maximum absolute atomic E-state index is 11.6. The second kappa shape index (κ2) is 8.31. The number of hydrogen-bond acceptors (Lipinski definition) is 3. The molecule has 0 heterocycles. The van der Waals surface area contributed by atoms with Gasteiger partial charge in [0.25, 0.3) is 0 Å². The second-order valence-corrected chi connectivity index (χ2v) is 4.86. The summed E-state index contributed by atoms with van der Waals surface area (Å²) < 4.78 is 0. The van der Waals surface area contributed by atoms with Crippen molar-refractivity contribution < 1.29 is 9.59 Å². The zero-order valence-corrected chi connectivity index (χ0v) is 11.7. The van der Waals surface area contributed by atoms with Crippen molar-refractivity contribution in [2.24, 2.45) is 23.3 Å². The summed E-state index contributed by atoms with van der Waals surface area (Å²) in [6.07, 6.45) is 0.534. The summed E-state index contributed by atoms with van der Waals surface area (Å²) in [4.78, 5) is 22.8. The van der Waals surface area contributed by atoms with Gasteiger partial charge in [-0.2, -0.15) is 0 Å². The molecule has 0 aliphatic carbocycles. The molecule has 0 aromatic carbocycles. The van der Waals surface area contributed by atoms with Gasteiger partial charge in [-0.05, 0) is 18.3 Å². The number of nitrogens with two attached hydrogens (primary N) is 2. The van der Waals surface area contributed by atoms with E-state index in [4.69, 9.17) is 11.5 Å². The summed E-state index contributed by atoms with van der Waals surface area (Å²) in [5, 5.41) is 2.59. The molecule has 0 aliphatic heterocycles. The van der Waals surface area contributed by atoms with E-state index in [9.17, 15) is 9.59 Å². The van der Waals surface area contributed by atoms with Gasteiger partial charge in [0.1, 0.15) is 6.04 Å². The van der Waals surface area contributed by atoms with Gasteiger partial charge in [0.05, 0.1) is 6.04 Å². The minimum atomic E-state index is -0.628. The largest absolute Gasteiger partial charge is 0.368 e. The lowest BCUT2D eigenvalue weighted by Gasteiger charge is -2.21. The van der Waals surface area contributed by atoms with Crippen LogP contribution in [0.5, 0.6) is 0 Å². The van der Waals surface area contributed by atoms with E-state index in [0.29, 0.717) is 6.42 Å². The maximum atomic E-state index is 11.6. The highest BCUT2D eigenvalue weighted by atomic mass is 35.5. The molecule has 2 amide bonds. The number of amides is 2. The van der Waals surface area contributed by atoms with Crippen molar-refractivity contribution in [3.8, 4) is 0 Å². The number of carbonyl (C=O) groups excluding carboxylic acids is 2. The van der Waals surface area contributed by atoms with Gasteiger partial charge in [-0.15, -0.1) is 12.4 Å². The van der Waals surface area contributed by atoms with Crippen molar-refractivity contribution in [1.82, 2.24) is 5.32 Å². The standard InChI is InChI=1S/C11H23N3O2.ClH/c1-6(2)5-8(10(13)15)14-11(16)9(12)7(3)4;/h6-9H,5,12H2,1-4H3,(H2,13,15)(H,14,16);1H/t8-,9-;/m0./s1. The molecular weight excluding hydrogens is 242 g/mol. The monoisotopic (exact) mass is 265 g/mol. The predicted molar refractivity (Wildman–Crippen MR) is 70.6 cm³/mol. The van der Waals surface area contributed by atoms with Crippen LogP contribution in [-0.2, 0) is 9.59 Å². The van der Waals surface area contributed by atoms with Crippen LogP contribution in [0, 0.1) is 11.8 Å². The first-order valence-electron chi connectivity index (χ1n) is 5.61. The zero-order chi connectivity index (χ0) is 12.9. The van der Waals surface area contributed by atoms with Crippen molar-refractivity contribution in [3.05, 3.63) is 0 Å². The molecule has 0 fully saturated rings. The number of primary amides is 1. The lowest BCUT2D eigenvalue weighted by Crippen LogP contribution is -2.52. The Kier molecular flexibility index (Phi) is 9.06. The van der Waals surface area contributed by atoms with Crippen LogP contribution in [0.1, 0.15) is 34.1 Å². The van der Waals surface area contributed by atoms with Gasteiger partial charge in [-0.1, -0.05) is 27.7 Å². The van der Waals surface area contributed by atoms with Gasteiger partial charge >= 0.3 is 0 Å². The van der Waals surface area contributed by atoms with E-state index >= 15 is 0 Å². The minimum Gasteiger partial charge on any atom is -0.368 e. The molecule has 0 aromatic rings. The summed E-state index contributed by atoms with van der Waals surface area (Å²) in [5.41, 5.74) is 10.9. The van der Waals surface area contributed by atoms with Crippen LogP contribution in [0.4, 0.5) is 0 Å². The number of carbonyl (C=O) groups is 2. The molecule has 0 bridgehead atoms. The van der Waals surface area contributed by atoms with E-state index in [0.717, 1.165) is 0 Å². The van der Waals surface area contributed by atoms with Crippen LogP contribution < -0.4 is 16.8 Å². The van der Waals surface area contributed by atoms with Crippen molar-refractivity contribution in [1.29, 1.82) is 0 Å². The Labute approximate surface area is 109 Å². The first-order valence-corrected chi connectivity index (χ1v) is 5.61. The third kappa shape index (κ3) is 7.18. The van der Waals surface area contributed by atoms with Crippen LogP contribution in [-0.4, -0.2) is 23.9 Å². The summed E-state index contributed by atoms with van der Waals surface area (Å²) in [7, 11) is 0. The van der Waals surface area contributed by atoms with Crippen LogP contribution in [0.25, 0.3) is 0 Å². The number of rotatable bonds is 6. The number of hydrogen-bond donors (Lipinski definition) is 3. The van der Waals surface area contributed by atoms with Crippen LogP contribution in [0.2, 0.25) is 0 Å². The van der Waals surface area contributed by atoms with E-state index in [1.807, 2.05) is 27.7 Å². The van der Waals surface area contributed by atoms with Gasteiger partial charge < -0.3 is 16.8 Å². The Balaban J connectivity index is 0. The Morgan fingerprint density at radius 2 is 1.65 bits per heavy atom. The highest BCUT2D eigenvalue weighted by molar-refractivity contribution is 5.89. The van der Waals surface area contributed by atoms with Gasteiger partial charge in [0.15, 0.2) is 0 Å². The Bertz CT molecular complexity index is 257. The van der Waals surface area contributed by atoms with Gasteiger partial charge in [0.2, 0.25) is 11.8 Å². The summed E-state index contributed by atoms with van der Waals surface area (Å²) in [6, 6.07) is -1.23. The molecule has 0 aromatic heterocycles. The molecule has 102 valence electrons. The summed E-state index contributed by atoms with van der Waals surface area (Å²) in [6.45, 7) is 7.63. The fraction of sp³-hybridized carbons (Fsp3) is 0.818. The normalized spacial score (nSPS) is 14.1. The molecule has 0 saturated carbocycles. The fourth-order valence-electron chi connectivity index (χ4n) is 1.29.